The second-order valence-electron chi connectivity index (χ2n) is 7.30. The van der Waals surface area contributed by atoms with Gasteiger partial charge in [-0.25, -0.2) is 4.98 Å². The first-order valence-corrected chi connectivity index (χ1v) is 10.8. The monoisotopic (exact) mass is 439 g/mol. The number of aryl methyl sites for hydroxylation is 1. The maximum Gasteiger partial charge on any atom is 0.286 e. The summed E-state index contributed by atoms with van der Waals surface area (Å²) in [4.78, 5) is 23.9. The lowest BCUT2D eigenvalue weighted by atomic mass is 10.2. The summed E-state index contributed by atoms with van der Waals surface area (Å²) in [6.07, 6.45) is 1.87. The lowest BCUT2D eigenvalue weighted by molar-refractivity contribution is -0.113. The van der Waals surface area contributed by atoms with Gasteiger partial charge < -0.3 is 14.8 Å². The number of carbonyl (C=O) groups is 1. The maximum absolute atomic E-state index is 12.4. The van der Waals surface area contributed by atoms with Crippen molar-refractivity contribution in [1.82, 2.24) is 14.5 Å². The molecule has 0 spiro atoms. The van der Waals surface area contributed by atoms with Gasteiger partial charge in [0, 0.05) is 13.1 Å². The first-order valence-electron chi connectivity index (χ1n) is 9.56. The molecule has 0 aliphatic carbocycles. The van der Waals surface area contributed by atoms with Gasteiger partial charge in [0.2, 0.25) is 0 Å². The minimum Gasteiger partial charge on any atom is -0.333 e. The highest BCUT2D eigenvalue weighted by Crippen LogP contribution is 2.31. The van der Waals surface area contributed by atoms with Crippen molar-refractivity contribution in [2.45, 2.75) is 13.5 Å². The van der Waals surface area contributed by atoms with Crippen molar-refractivity contribution in [3.63, 3.8) is 0 Å². The summed E-state index contributed by atoms with van der Waals surface area (Å²) >= 11 is 7.49. The molecule has 8 heteroatoms. The molecular formula is C22H22ClN5OS. The van der Waals surface area contributed by atoms with Crippen molar-refractivity contribution >= 4 is 57.2 Å². The van der Waals surface area contributed by atoms with Crippen molar-refractivity contribution < 1.29 is 4.79 Å². The number of rotatable bonds is 5. The minimum absolute atomic E-state index is 0.257. The average Bonchev–Trinajstić information content (AvgIpc) is 3.20. The number of para-hydroxylation sites is 1. The number of benzene rings is 2. The van der Waals surface area contributed by atoms with Gasteiger partial charge in [0.05, 0.1) is 26.6 Å². The molecule has 0 atom stereocenters. The fourth-order valence-electron chi connectivity index (χ4n) is 3.22. The normalized spacial score (nSPS) is 15.4. The summed E-state index contributed by atoms with van der Waals surface area (Å²) in [6, 6.07) is 13.4. The molecule has 4 rings (SSSR count). The zero-order chi connectivity index (χ0) is 21.3. The quantitative estimate of drug-likeness (QED) is 0.586. The van der Waals surface area contributed by atoms with Gasteiger partial charge in [-0.1, -0.05) is 29.8 Å². The zero-order valence-electron chi connectivity index (χ0n) is 17.0. The van der Waals surface area contributed by atoms with Crippen LogP contribution in [0.5, 0.6) is 0 Å². The van der Waals surface area contributed by atoms with Crippen molar-refractivity contribution in [2.75, 3.05) is 26.0 Å². The van der Waals surface area contributed by atoms with Crippen LogP contribution >= 0.6 is 23.4 Å². The number of aromatic nitrogens is 2. The number of hydrogen-bond acceptors (Lipinski definition) is 5. The molecule has 1 N–H and O–H groups in total. The molecule has 1 aromatic heterocycles. The van der Waals surface area contributed by atoms with Crippen LogP contribution in [-0.2, 0) is 11.3 Å². The number of anilines is 1. The smallest absolute Gasteiger partial charge is 0.286 e. The minimum atomic E-state index is -0.257. The second-order valence-corrected chi connectivity index (χ2v) is 8.74. The lowest BCUT2D eigenvalue weighted by Gasteiger charge is -2.12. The van der Waals surface area contributed by atoms with E-state index < -0.39 is 0 Å². The third-order valence-corrected chi connectivity index (χ3v) is 6.00. The topological polar surface area (TPSA) is 62.5 Å². The van der Waals surface area contributed by atoms with Crippen LogP contribution in [0.3, 0.4) is 0 Å². The molecule has 0 unspecified atom stereocenters. The van der Waals surface area contributed by atoms with E-state index >= 15 is 0 Å². The van der Waals surface area contributed by atoms with Gasteiger partial charge in [-0.2, -0.15) is 4.99 Å². The Hall–Kier alpha value is -2.61. The Labute approximate surface area is 184 Å². The number of carbonyl (C=O) groups excluding carboxylic acids is 1. The number of imidazole rings is 1. The van der Waals surface area contributed by atoms with E-state index in [1.54, 1.807) is 6.07 Å². The summed E-state index contributed by atoms with van der Waals surface area (Å²) in [5.41, 5.74) is 3.69. The van der Waals surface area contributed by atoms with Gasteiger partial charge in [-0.05, 0) is 68.7 Å². The Balaban J connectivity index is 1.57. The molecule has 1 aliphatic rings. The van der Waals surface area contributed by atoms with Gasteiger partial charge in [-0.15, -0.1) is 0 Å². The van der Waals surface area contributed by atoms with Crippen molar-refractivity contribution in [3.8, 4) is 0 Å². The van der Waals surface area contributed by atoms with Crippen LogP contribution in [0, 0.1) is 6.92 Å². The van der Waals surface area contributed by atoms with E-state index in [1.807, 2.05) is 43.3 Å². The predicted molar refractivity (Wildman–Crippen MR) is 126 cm³/mol. The van der Waals surface area contributed by atoms with E-state index in [4.69, 9.17) is 11.6 Å². The number of thioether (sulfide) groups is 1. The maximum atomic E-state index is 12.4. The molecule has 154 valence electrons. The largest absolute Gasteiger partial charge is 0.333 e. The van der Waals surface area contributed by atoms with E-state index in [2.05, 4.69) is 44.9 Å². The molecule has 0 radical (unpaired) electrons. The van der Waals surface area contributed by atoms with Crippen molar-refractivity contribution in [2.24, 2.45) is 4.99 Å². The summed E-state index contributed by atoms with van der Waals surface area (Å²) in [5, 5.41) is 4.23. The van der Waals surface area contributed by atoms with Crippen LogP contribution in [0.15, 0.2) is 52.4 Å². The molecule has 2 aromatic carbocycles. The summed E-state index contributed by atoms with van der Waals surface area (Å²) in [6.45, 7) is 3.81. The molecule has 6 nitrogen and oxygen atoms in total. The highest BCUT2D eigenvalue weighted by molar-refractivity contribution is 8.18. The summed E-state index contributed by atoms with van der Waals surface area (Å²) < 4.78 is 2.21. The first kappa shape index (κ1) is 20.7. The van der Waals surface area contributed by atoms with Crippen LogP contribution in [-0.4, -0.2) is 46.2 Å². The molecule has 1 amide bonds. The third-order valence-electron chi connectivity index (χ3n) is 4.77. The van der Waals surface area contributed by atoms with E-state index in [9.17, 15) is 4.79 Å². The van der Waals surface area contributed by atoms with E-state index in [0.717, 1.165) is 41.2 Å². The fourth-order valence-corrected chi connectivity index (χ4v) is 4.23. The van der Waals surface area contributed by atoms with Crippen LogP contribution in [0.4, 0.5) is 5.69 Å². The van der Waals surface area contributed by atoms with E-state index in [-0.39, 0.29) is 5.91 Å². The predicted octanol–water partition coefficient (Wildman–Crippen LogP) is 4.64. The Kier molecular flexibility index (Phi) is 5.94. The zero-order valence-corrected chi connectivity index (χ0v) is 18.6. The summed E-state index contributed by atoms with van der Waals surface area (Å²) in [7, 11) is 4.11. The highest BCUT2D eigenvalue weighted by atomic mass is 35.5. The van der Waals surface area contributed by atoms with E-state index in [1.165, 1.54) is 11.8 Å². The number of halogens is 1. The van der Waals surface area contributed by atoms with Gasteiger partial charge >= 0.3 is 0 Å². The molecular weight excluding hydrogens is 418 g/mol. The Morgan fingerprint density at radius 3 is 2.80 bits per heavy atom. The molecule has 0 bridgehead atoms. The first-order chi connectivity index (χ1) is 14.4. The average molecular weight is 440 g/mol. The van der Waals surface area contributed by atoms with Gasteiger partial charge in [0.15, 0.2) is 5.17 Å². The molecule has 0 saturated carbocycles. The van der Waals surface area contributed by atoms with Crippen LogP contribution in [0.1, 0.15) is 11.4 Å². The molecule has 1 aliphatic heterocycles. The molecule has 2 heterocycles. The summed E-state index contributed by atoms with van der Waals surface area (Å²) in [5.74, 6) is 0.726. The number of hydrogen-bond donors (Lipinski definition) is 1. The Morgan fingerprint density at radius 2 is 2.03 bits per heavy atom. The van der Waals surface area contributed by atoms with Gasteiger partial charge in [-0.3, -0.25) is 4.79 Å². The fraction of sp³-hybridized carbons (Fsp3) is 0.227. The number of nitrogens with zero attached hydrogens (tertiary/aromatic N) is 4. The number of likely N-dealkylation sites (N-methyl/N-ethyl adjacent to an activating group) is 1. The van der Waals surface area contributed by atoms with Crippen LogP contribution in [0.25, 0.3) is 17.1 Å². The Morgan fingerprint density at radius 1 is 1.23 bits per heavy atom. The molecule has 0 fully saturated rings. The number of aliphatic imine (C=N–C) groups is 1. The van der Waals surface area contributed by atoms with Gasteiger partial charge in [0.25, 0.3) is 5.91 Å². The number of nitrogens with one attached hydrogen (secondary N) is 1. The Bertz CT molecular complexity index is 1180. The molecule has 0 saturated heterocycles. The van der Waals surface area contributed by atoms with Crippen molar-refractivity contribution in [3.05, 3.63) is 63.8 Å². The third kappa shape index (κ3) is 4.43. The molecule has 3 aromatic rings. The van der Waals surface area contributed by atoms with Crippen LogP contribution < -0.4 is 5.32 Å². The second kappa shape index (κ2) is 8.63. The SMILES string of the molecule is Cc1nc2ccc(/C=C3\SC(Nc4ccccc4Cl)=NC3=O)cc2n1CCN(C)C. The van der Waals surface area contributed by atoms with Gasteiger partial charge in [0.1, 0.15) is 5.82 Å². The van der Waals surface area contributed by atoms with E-state index in [0.29, 0.717) is 15.1 Å². The number of amides is 1. The molecule has 30 heavy (non-hydrogen) atoms. The van der Waals surface area contributed by atoms with Crippen LogP contribution in [0.2, 0.25) is 5.02 Å². The lowest BCUT2D eigenvalue weighted by Crippen LogP contribution is -2.18. The highest BCUT2D eigenvalue weighted by Gasteiger charge is 2.22. The number of amidine groups is 1. The van der Waals surface area contributed by atoms with Crippen molar-refractivity contribution in [1.29, 1.82) is 0 Å². The standard InChI is InChI=1S/C22H22ClN5OS/c1-14-24-18-9-8-15(12-19(18)28(14)11-10-27(2)3)13-20-21(29)26-22(30-20)25-17-7-5-4-6-16(17)23/h4-9,12-13H,10-11H2,1-3H3,(H,25,26,29)/b20-13-. The number of fused-ring (bicyclic) bond motifs is 1.